The third-order valence-corrected chi connectivity index (χ3v) is 5.23. The number of carbonyl (C=O) groups is 1. The molecule has 2 N–H and O–H groups in total. The second-order valence-electron chi connectivity index (χ2n) is 7.61. The van der Waals surface area contributed by atoms with Gasteiger partial charge in [0.15, 0.2) is 0 Å². The summed E-state index contributed by atoms with van der Waals surface area (Å²) in [5, 5.41) is 0. The zero-order valence-corrected chi connectivity index (χ0v) is 15.0. The van der Waals surface area contributed by atoms with Gasteiger partial charge in [-0.25, -0.2) is 0 Å². The van der Waals surface area contributed by atoms with E-state index in [4.69, 9.17) is 15.0 Å². The molecular weight excluding hydrogens is 291 g/mol. The zero-order chi connectivity index (χ0) is 17.3. The Balaban J connectivity index is 2.37. The van der Waals surface area contributed by atoms with Crippen LogP contribution in [0.2, 0.25) is 0 Å². The van der Waals surface area contributed by atoms with Crippen molar-refractivity contribution in [1.82, 2.24) is 0 Å². The Bertz CT molecular complexity index is 510. The van der Waals surface area contributed by atoms with Crippen LogP contribution in [0.3, 0.4) is 0 Å². The molecule has 2 aliphatic rings. The molecule has 6 heteroatoms. The molecule has 2 heterocycles. The second kappa shape index (κ2) is 6.77. The zero-order valence-electron chi connectivity index (χ0n) is 15.0. The molecule has 1 saturated heterocycles. The first-order valence-corrected chi connectivity index (χ1v) is 8.55. The first-order valence-electron chi connectivity index (χ1n) is 8.55. The number of rotatable bonds is 2. The third-order valence-electron chi connectivity index (χ3n) is 5.23. The van der Waals surface area contributed by atoms with E-state index in [1.54, 1.807) is 6.08 Å². The normalized spacial score (nSPS) is 30.3. The van der Waals surface area contributed by atoms with Gasteiger partial charge in [0.1, 0.15) is 5.71 Å². The topological polar surface area (TPSA) is 73.9 Å². The highest BCUT2D eigenvalue weighted by atomic mass is 16.7. The summed E-state index contributed by atoms with van der Waals surface area (Å²) in [6.07, 6.45) is 6.07. The number of primary amides is 1. The van der Waals surface area contributed by atoms with E-state index < -0.39 is 24.2 Å². The van der Waals surface area contributed by atoms with Crippen molar-refractivity contribution < 1.29 is 14.1 Å². The number of hydrogen-bond acceptors (Lipinski definition) is 4. The highest BCUT2D eigenvalue weighted by Crippen LogP contribution is 2.40. The summed E-state index contributed by atoms with van der Waals surface area (Å²) >= 11 is 0. The largest absolute Gasteiger partial charge is 0.490 e. The van der Waals surface area contributed by atoms with Gasteiger partial charge in [0.25, 0.3) is 5.91 Å². The van der Waals surface area contributed by atoms with Crippen LogP contribution in [0.25, 0.3) is 0 Å². The van der Waals surface area contributed by atoms with Crippen molar-refractivity contribution in [3.63, 3.8) is 0 Å². The fraction of sp³-hybridized carbons (Fsp3) is 0.765. The minimum atomic E-state index is -0.494. The van der Waals surface area contributed by atoms with Gasteiger partial charge < -0.3 is 15.0 Å². The van der Waals surface area contributed by atoms with Gasteiger partial charge in [-0.2, -0.15) is 0 Å². The van der Waals surface area contributed by atoms with Gasteiger partial charge in [0.05, 0.1) is 11.2 Å². The van der Waals surface area contributed by atoms with E-state index in [9.17, 15) is 4.79 Å². The molecule has 1 fully saturated rings. The third kappa shape index (κ3) is 4.04. The fourth-order valence-corrected chi connectivity index (χ4v) is 2.88. The summed E-state index contributed by atoms with van der Waals surface area (Å²) in [4.78, 5) is 16.1. The molecule has 2 rings (SSSR count). The summed E-state index contributed by atoms with van der Waals surface area (Å²) in [5.74, 6) is -0.237. The Labute approximate surface area is 139 Å². The predicted octanol–water partition coefficient (Wildman–Crippen LogP) is 2.68. The van der Waals surface area contributed by atoms with E-state index >= 15 is 0 Å². The van der Waals surface area contributed by atoms with Crippen molar-refractivity contribution in [2.75, 3.05) is 6.54 Å². The van der Waals surface area contributed by atoms with Crippen molar-refractivity contribution in [3.8, 4) is 0 Å². The van der Waals surface area contributed by atoms with Crippen LogP contribution in [0.4, 0.5) is 0 Å². The van der Waals surface area contributed by atoms with Crippen molar-refractivity contribution in [2.24, 2.45) is 16.6 Å². The lowest BCUT2D eigenvalue weighted by atomic mass is 9.69. The van der Waals surface area contributed by atoms with Crippen LogP contribution in [0, 0.1) is 5.92 Å². The fourth-order valence-electron chi connectivity index (χ4n) is 2.88. The molecule has 1 amide bonds. The van der Waals surface area contributed by atoms with Crippen LogP contribution in [-0.2, 0) is 14.1 Å². The molecule has 5 nitrogen and oxygen atoms in total. The molecule has 1 atom stereocenters. The lowest BCUT2D eigenvalue weighted by Crippen LogP contribution is -2.41. The van der Waals surface area contributed by atoms with Gasteiger partial charge in [-0.1, -0.05) is 19.8 Å². The maximum Gasteiger partial charge on any atom is 0.490 e. The van der Waals surface area contributed by atoms with E-state index in [1.165, 1.54) is 0 Å². The van der Waals surface area contributed by atoms with Gasteiger partial charge >= 0.3 is 7.12 Å². The molecule has 128 valence electrons. The second-order valence-corrected chi connectivity index (χ2v) is 7.61. The minimum Gasteiger partial charge on any atom is -0.400 e. The molecule has 0 aromatic rings. The van der Waals surface area contributed by atoms with Crippen LogP contribution < -0.4 is 5.73 Å². The lowest BCUT2D eigenvalue weighted by Gasteiger charge is -2.32. The molecule has 2 aliphatic heterocycles. The maximum absolute atomic E-state index is 11.7. The SMILES string of the molecule is CC1CCCCCN=C(C(N)=O)/C=C\1B1OC(C)(C)C(C)(C)O1. The molecule has 0 spiro atoms. The van der Waals surface area contributed by atoms with E-state index in [2.05, 4.69) is 11.9 Å². The molecule has 23 heavy (non-hydrogen) atoms. The van der Waals surface area contributed by atoms with Gasteiger partial charge in [-0.05, 0) is 58.0 Å². The van der Waals surface area contributed by atoms with Crippen LogP contribution >= 0.6 is 0 Å². The highest BCUT2D eigenvalue weighted by Gasteiger charge is 2.53. The van der Waals surface area contributed by atoms with E-state index in [1.807, 2.05) is 27.7 Å². The Morgan fingerprint density at radius 3 is 2.39 bits per heavy atom. The van der Waals surface area contributed by atoms with E-state index in [-0.39, 0.29) is 5.92 Å². The number of nitrogens with zero attached hydrogens (tertiary/aromatic N) is 1. The average molecular weight is 320 g/mol. The molecule has 0 saturated carbocycles. The number of hydrogen-bond donors (Lipinski definition) is 1. The Kier molecular flexibility index (Phi) is 5.36. The Hall–Kier alpha value is -1.14. The van der Waals surface area contributed by atoms with Crippen molar-refractivity contribution >= 4 is 18.7 Å². The molecule has 0 aliphatic carbocycles. The molecule has 1 unspecified atom stereocenters. The van der Waals surface area contributed by atoms with Crippen molar-refractivity contribution in [1.29, 1.82) is 0 Å². The standard InChI is InChI=1S/C17H29BN2O3/c1-12-9-7-6-8-10-20-14(15(19)21)11-13(12)18-22-16(2,3)17(4,5)23-18/h11-12H,6-10H2,1-5H3,(H2,19,21)/b13-11+,20-14?. The van der Waals surface area contributed by atoms with E-state index in [0.717, 1.165) is 31.2 Å². The first kappa shape index (κ1) is 18.2. The van der Waals surface area contributed by atoms with Crippen molar-refractivity contribution in [3.05, 3.63) is 11.5 Å². The number of aliphatic imine (C=N–C) groups is 1. The van der Waals surface area contributed by atoms with Crippen LogP contribution in [0.5, 0.6) is 0 Å². The molecule has 0 aromatic heterocycles. The number of nitrogens with two attached hydrogens (primary N) is 1. The van der Waals surface area contributed by atoms with Crippen LogP contribution in [0.15, 0.2) is 16.5 Å². The van der Waals surface area contributed by atoms with Crippen LogP contribution in [0.1, 0.15) is 60.3 Å². The van der Waals surface area contributed by atoms with Crippen LogP contribution in [-0.4, -0.2) is 36.5 Å². The molecule has 0 radical (unpaired) electrons. The summed E-state index contributed by atoms with van der Waals surface area (Å²) in [7, 11) is -0.459. The number of allylic oxidation sites excluding steroid dienone is 1. The number of carbonyl (C=O) groups excluding carboxylic acids is 1. The molecular formula is C17H29BN2O3. The Morgan fingerprint density at radius 1 is 1.22 bits per heavy atom. The maximum atomic E-state index is 11.7. The van der Waals surface area contributed by atoms with Gasteiger partial charge in [-0.15, -0.1) is 0 Å². The minimum absolute atomic E-state index is 0.257. The Morgan fingerprint density at radius 2 is 1.83 bits per heavy atom. The lowest BCUT2D eigenvalue weighted by molar-refractivity contribution is -0.111. The summed E-state index contributed by atoms with van der Waals surface area (Å²) in [6.45, 7) is 10.9. The van der Waals surface area contributed by atoms with Gasteiger partial charge in [0.2, 0.25) is 0 Å². The summed E-state index contributed by atoms with van der Waals surface area (Å²) in [5.41, 5.74) is 5.97. The van der Waals surface area contributed by atoms with Crippen molar-refractivity contribution in [2.45, 2.75) is 71.5 Å². The van der Waals surface area contributed by atoms with Gasteiger partial charge in [0, 0.05) is 6.54 Å². The molecule has 0 bridgehead atoms. The molecule has 0 aromatic carbocycles. The predicted molar refractivity (Wildman–Crippen MR) is 93.3 cm³/mol. The smallest absolute Gasteiger partial charge is 0.400 e. The monoisotopic (exact) mass is 320 g/mol. The first-order chi connectivity index (χ1) is 10.6. The quantitative estimate of drug-likeness (QED) is 0.795. The highest BCUT2D eigenvalue weighted by molar-refractivity contribution is 6.57. The van der Waals surface area contributed by atoms with Gasteiger partial charge in [-0.3, -0.25) is 9.79 Å². The van der Waals surface area contributed by atoms with E-state index in [0.29, 0.717) is 12.3 Å². The average Bonchev–Trinajstić information content (AvgIpc) is 2.65. The summed E-state index contributed by atoms with van der Waals surface area (Å²) in [6, 6.07) is 0. The summed E-state index contributed by atoms with van der Waals surface area (Å²) < 4.78 is 12.3. The number of amides is 1.